The van der Waals surface area contributed by atoms with E-state index in [1.54, 1.807) is 0 Å². The zero-order valence-electron chi connectivity index (χ0n) is 18.1. The summed E-state index contributed by atoms with van der Waals surface area (Å²) in [6.07, 6.45) is -9.85. The molecule has 5 nitrogen and oxygen atoms in total. The lowest BCUT2D eigenvalue weighted by Crippen LogP contribution is -2.11. The second-order valence-electron chi connectivity index (χ2n) is 7.74. The van der Waals surface area contributed by atoms with Gasteiger partial charge in [-0.05, 0) is 53.6 Å². The van der Waals surface area contributed by atoms with Crippen molar-refractivity contribution in [1.29, 1.82) is 0 Å². The number of rotatable bonds is 4. The number of halogens is 7. The van der Waals surface area contributed by atoms with Gasteiger partial charge < -0.3 is 0 Å². The number of hydrogen-bond donors (Lipinski definition) is 1. The van der Waals surface area contributed by atoms with E-state index in [0.717, 1.165) is 12.1 Å². The lowest BCUT2D eigenvalue weighted by atomic mass is 10.0. The second kappa shape index (κ2) is 9.23. The third kappa shape index (κ3) is 5.78. The first-order valence-electron chi connectivity index (χ1n) is 10.1. The molecule has 0 aliphatic rings. The Hall–Kier alpha value is -3.84. The van der Waals surface area contributed by atoms with Crippen LogP contribution in [0.25, 0.3) is 33.8 Å². The van der Waals surface area contributed by atoms with Gasteiger partial charge in [0.1, 0.15) is 11.5 Å². The van der Waals surface area contributed by atoms with Crippen LogP contribution in [0.4, 0.5) is 30.7 Å². The molecule has 0 saturated heterocycles. The van der Waals surface area contributed by atoms with E-state index in [4.69, 9.17) is 0 Å². The van der Waals surface area contributed by atoms with Crippen LogP contribution in [-0.4, -0.2) is 22.9 Å². The molecule has 3 aromatic carbocycles. The second-order valence-corrected chi connectivity index (χ2v) is 9.16. The Bertz CT molecular complexity index is 1600. The Labute approximate surface area is 205 Å². The number of nitrogens with zero attached hydrogens (tertiary/aromatic N) is 2. The summed E-state index contributed by atoms with van der Waals surface area (Å²) >= 11 is 0. The monoisotopic (exact) mass is 542 g/mol. The Morgan fingerprint density at radius 1 is 0.703 bits per heavy atom. The van der Waals surface area contributed by atoms with Crippen molar-refractivity contribution in [2.75, 3.05) is 0 Å². The largest absolute Gasteiger partial charge is 0.433 e. The van der Waals surface area contributed by atoms with Gasteiger partial charge in [0.25, 0.3) is 10.1 Å². The van der Waals surface area contributed by atoms with Crippen molar-refractivity contribution in [3.05, 3.63) is 89.9 Å². The van der Waals surface area contributed by atoms with E-state index in [1.807, 2.05) is 0 Å². The van der Waals surface area contributed by atoms with E-state index in [2.05, 4.69) is 9.97 Å². The van der Waals surface area contributed by atoms with Crippen molar-refractivity contribution < 1.29 is 43.7 Å². The van der Waals surface area contributed by atoms with Crippen LogP contribution < -0.4 is 0 Å². The molecule has 0 atom stereocenters. The van der Waals surface area contributed by atoms with Crippen LogP contribution in [0.3, 0.4) is 0 Å². The Morgan fingerprint density at radius 3 is 1.92 bits per heavy atom. The van der Waals surface area contributed by atoms with Crippen molar-refractivity contribution in [3.63, 3.8) is 0 Å². The summed E-state index contributed by atoms with van der Waals surface area (Å²) in [5.74, 6) is -1.93. The van der Waals surface area contributed by atoms with E-state index >= 15 is 0 Å². The molecule has 0 aliphatic carbocycles. The molecule has 0 bridgehead atoms. The average molecular weight is 542 g/mol. The van der Waals surface area contributed by atoms with Gasteiger partial charge in [0, 0.05) is 11.1 Å². The van der Waals surface area contributed by atoms with Gasteiger partial charge in [-0.3, -0.25) is 4.55 Å². The van der Waals surface area contributed by atoms with Crippen molar-refractivity contribution in [2.45, 2.75) is 17.2 Å². The summed E-state index contributed by atoms with van der Waals surface area (Å²) in [5.41, 5.74) is -3.33. The molecule has 0 amide bonds. The van der Waals surface area contributed by atoms with Gasteiger partial charge in [0.05, 0.1) is 16.2 Å². The minimum Gasteiger partial charge on any atom is -0.282 e. The highest BCUT2D eigenvalue weighted by Crippen LogP contribution is 2.36. The van der Waals surface area contributed by atoms with Gasteiger partial charge in [0.2, 0.25) is 0 Å². The van der Waals surface area contributed by atoms with Gasteiger partial charge in [-0.2, -0.15) is 34.8 Å². The maximum atomic E-state index is 14.5. The average Bonchev–Trinajstić information content (AvgIpc) is 2.82. The molecule has 4 rings (SSSR count). The number of benzene rings is 3. The summed E-state index contributed by atoms with van der Waals surface area (Å²) in [6.45, 7) is 0. The first-order valence-corrected chi connectivity index (χ1v) is 11.6. The minimum absolute atomic E-state index is 0.0226. The van der Waals surface area contributed by atoms with Gasteiger partial charge >= 0.3 is 12.4 Å². The van der Waals surface area contributed by atoms with Crippen LogP contribution in [0.2, 0.25) is 0 Å². The molecule has 13 heteroatoms. The molecule has 0 aliphatic heterocycles. The van der Waals surface area contributed by atoms with E-state index in [9.17, 15) is 43.7 Å². The molecule has 0 radical (unpaired) electrons. The van der Waals surface area contributed by atoms with Crippen molar-refractivity contribution in [3.8, 4) is 33.8 Å². The van der Waals surface area contributed by atoms with Crippen LogP contribution in [0, 0.1) is 5.82 Å². The lowest BCUT2D eigenvalue weighted by Gasteiger charge is -2.13. The molecule has 1 heterocycles. The third-order valence-corrected chi connectivity index (χ3v) is 6.02. The smallest absolute Gasteiger partial charge is 0.282 e. The molecule has 0 spiro atoms. The van der Waals surface area contributed by atoms with E-state index in [0.29, 0.717) is 23.8 Å². The standard InChI is InChI=1S/C24H13F7N2O3S/c25-19-11-16(23(26,27)28)7-8-18(19)20-12-21(24(29,30)31)33-22(32-20)15-5-1-3-13(9-15)14-4-2-6-17(10-14)37(34,35)36/h1-12H,(H,34,35,36). The summed E-state index contributed by atoms with van der Waals surface area (Å²) in [5, 5.41) is 0. The van der Waals surface area contributed by atoms with Crippen LogP contribution in [0.15, 0.2) is 77.7 Å². The molecule has 192 valence electrons. The van der Waals surface area contributed by atoms with Crippen molar-refractivity contribution in [2.24, 2.45) is 0 Å². The fourth-order valence-electron chi connectivity index (χ4n) is 3.43. The zero-order valence-corrected chi connectivity index (χ0v) is 19.0. The van der Waals surface area contributed by atoms with Gasteiger partial charge in [0.15, 0.2) is 5.82 Å². The van der Waals surface area contributed by atoms with Gasteiger partial charge in [-0.1, -0.05) is 30.3 Å². The molecular formula is C24H13F7N2O3S. The highest BCUT2D eigenvalue weighted by atomic mass is 32.2. The summed E-state index contributed by atoms with van der Waals surface area (Å²) in [4.78, 5) is 7.06. The maximum absolute atomic E-state index is 14.5. The molecule has 37 heavy (non-hydrogen) atoms. The van der Waals surface area contributed by atoms with Crippen molar-refractivity contribution >= 4 is 10.1 Å². The normalized spacial score (nSPS) is 12.5. The summed E-state index contributed by atoms with van der Waals surface area (Å²) in [6, 6.07) is 12.5. The predicted octanol–water partition coefficient (Wildman–Crippen LogP) is 6.90. The zero-order chi connectivity index (χ0) is 27.2. The van der Waals surface area contributed by atoms with E-state index < -0.39 is 61.5 Å². The molecule has 1 aromatic heterocycles. The lowest BCUT2D eigenvalue weighted by molar-refractivity contribution is -0.141. The van der Waals surface area contributed by atoms with E-state index in [-0.39, 0.29) is 17.2 Å². The van der Waals surface area contributed by atoms with E-state index in [1.165, 1.54) is 36.4 Å². The fourth-order valence-corrected chi connectivity index (χ4v) is 3.96. The molecule has 4 aromatic rings. The fraction of sp³-hybridized carbons (Fsp3) is 0.0833. The van der Waals surface area contributed by atoms with Crippen LogP contribution >= 0.6 is 0 Å². The minimum atomic E-state index is -4.99. The topological polar surface area (TPSA) is 80.2 Å². The number of hydrogen-bond acceptors (Lipinski definition) is 4. The quantitative estimate of drug-likeness (QED) is 0.224. The highest BCUT2D eigenvalue weighted by Gasteiger charge is 2.35. The maximum Gasteiger partial charge on any atom is 0.433 e. The molecule has 0 unspecified atom stereocenters. The third-order valence-electron chi connectivity index (χ3n) is 5.17. The number of alkyl halides is 6. The first kappa shape index (κ1) is 26.2. The molecule has 1 N–H and O–H groups in total. The Balaban J connectivity index is 1.85. The predicted molar refractivity (Wildman–Crippen MR) is 118 cm³/mol. The SMILES string of the molecule is O=S(=O)(O)c1cccc(-c2cccc(-c3nc(-c4ccc(C(F)(F)F)cc4F)cc(C(F)(F)F)n3)c2)c1. The van der Waals surface area contributed by atoms with Gasteiger partial charge in [-0.15, -0.1) is 0 Å². The molecular weight excluding hydrogens is 529 g/mol. The van der Waals surface area contributed by atoms with Crippen LogP contribution in [0.1, 0.15) is 11.3 Å². The van der Waals surface area contributed by atoms with Gasteiger partial charge in [-0.25, -0.2) is 14.4 Å². The first-order chi connectivity index (χ1) is 17.1. The summed E-state index contributed by atoms with van der Waals surface area (Å²) < 4.78 is 126. The number of aromatic nitrogens is 2. The van der Waals surface area contributed by atoms with Crippen molar-refractivity contribution in [1.82, 2.24) is 9.97 Å². The van der Waals surface area contributed by atoms with Crippen LogP contribution in [-0.2, 0) is 22.5 Å². The Morgan fingerprint density at radius 2 is 1.32 bits per heavy atom. The van der Waals surface area contributed by atoms with Crippen LogP contribution in [0.5, 0.6) is 0 Å². The molecule has 0 saturated carbocycles. The summed E-state index contributed by atoms with van der Waals surface area (Å²) in [7, 11) is -4.53. The highest BCUT2D eigenvalue weighted by molar-refractivity contribution is 7.85. The molecule has 0 fully saturated rings. The Kier molecular flexibility index (Phi) is 6.54.